The lowest BCUT2D eigenvalue weighted by molar-refractivity contribution is -0.148. The van der Waals surface area contributed by atoms with Crippen LogP contribution < -0.4 is 16.2 Å². The number of nitrogens with one attached hydrogen (secondary N) is 3. The van der Waals surface area contributed by atoms with Crippen molar-refractivity contribution in [1.29, 1.82) is 0 Å². The van der Waals surface area contributed by atoms with Crippen molar-refractivity contribution in [2.45, 2.75) is 19.8 Å². The Kier molecular flexibility index (Phi) is 8.71. The van der Waals surface area contributed by atoms with Gasteiger partial charge in [0.05, 0.1) is 6.42 Å². The Labute approximate surface area is 183 Å². The minimum Gasteiger partial charge on any atom is -0.456 e. The molecule has 0 aliphatic rings. The number of hydrazine groups is 1. The highest BCUT2D eigenvalue weighted by Crippen LogP contribution is 2.10. The molecule has 0 fully saturated rings. The summed E-state index contributed by atoms with van der Waals surface area (Å²) in [5, 5.41) is 2.99. The third-order valence-corrected chi connectivity index (χ3v) is 4.17. The Bertz CT molecular complexity index is 974. The Hall–Kier alpha value is -3.72. The van der Waals surface area contributed by atoms with E-state index in [1.807, 2.05) is 0 Å². The Morgan fingerprint density at radius 3 is 2.03 bits per heavy atom. The molecule has 0 heterocycles. The van der Waals surface area contributed by atoms with Crippen molar-refractivity contribution >= 4 is 46.8 Å². The maximum atomic E-state index is 11.9. The maximum Gasteiger partial charge on any atom is 0.306 e. The lowest BCUT2D eigenvalue weighted by Gasteiger charge is -2.08. The molecule has 0 aliphatic carbocycles. The van der Waals surface area contributed by atoms with Gasteiger partial charge in [0.15, 0.2) is 12.4 Å². The van der Waals surface area contributed by atoms with Crippen LogP contribution in [0.5, 0.6) is 0 Å². The van der Waals surface area contributed by atoms with Gasteiger partial charge in [-0.1, -0.05) is 11.6 Å². The number of rotatable bonds is 8. The molecule has 0 radical (unpaired) electrons. The highest BCUT2D eigenvalue weighted by atomic mass is 35.5. The van der Waals surface area contributed by atoms with Crippen LogP contribution in [0.4, 0.5) is 5.69 Å². The quantitative estimate of drug-likeness (QED) is 0.324. The van der Waals surface area contributed by atoms with Gasteiger partial charge in [-0.3, -0.25) is 34.8 Å². The van der Waals surface area contributed by atoms with Crippen molar-refractivity contribution < 1.29 is 28.7 Å². The van der Waals surface area contributed by atoms with Gasteiger partial charge in [-0.2, -0.15) is 0 Å². The van der Waals surface area contributed by atoms with E-state index < -0.39 is 30.3 Å². The van der Waals surface area contributed by atoms with Gasteiger partial charge >= 0.3 is 5.97 Å². The zero-order valence-corrected chi connectivity index (χ0v) is 17.3. The molecule has 2 aromatic rings. The Morgan fingerprint density at radius 2 is 1.42 bits per heavy atom. The summed E-state index contributed by atoms with van der Waals surface area (Å²) in [7, 11) is 0. The average Bonchev–Trinajstić information content (AvgIpc) is 2.75. The van der Waals surface area contributed by atoms with Gasteiger partial charge in [-0.25, -0.2) is 0 Å². The lowest BCUT2D eigenvalue weighted by atomic mass is 10.1. The number of esters is 1. The van der Waals surface area contributed by atoms with Crippen molar-refractivity contribution in [2.24, 2.45) is 0 Å². The molecule has 0 saturated heterocycles. The third-order valence-electron chi connectivity index (χ3n) is 3.92. The molecule has 2 aromatic carbocycles. The molecule has 3 N–H and O–H groups in total. The molecule has 2 rings (SSSR count). The number of benzene rings is 2. The second-order valence-corrected chi connectivity index (χ2v) is 6.79. The van der Waals surface area contributed by atoms with E-state index in [4.69, 9.17) is 16.3 Å². The van der Waals surface area contributed by atoms with E-state index in [0.717, 1.165) is 0 Å². The lowest BCUT2D eigenvalue weighted by Crippen LogP contribution is -2.41. The fraction of sp³-hybridized carbons (Fsp3) is 0.190. The van der Waals surface area contributed by atoms with Crippen LogP contribution in [-0.2, 0) is 19.1 Å². The molecule has 0 atom stereocenters. The summed E-state index contributed by atoms with van der Waals surface area (Å²) in [6.07, 6.45) is -0.517. The zero-order valence-electron chi connectivity index (χ0n) is 16.6. The summed E-state index contributed by atoms with van der Waals surface area (Å²) in [5.74, 6) is -2.56. The van der Waals surface area contributed by atoms with Crippen LogP contribution in [0.1, 0.15) is 40.5 Å². The summed E-state index contributed by atoms with van der Waals surface area (Å²) >= 11 is 5.73. The maximum absolute atomic E-state index is 11.9. The molecular formula is C21H20ClN3O6. The Balaban J connectivity index is 1.64. The molecule has 9 nitrogen and oxygen atoms in total. The molecule has 0 aliphatic heterocycles. The van der Waals surface area contributed by atoms with Crippen LogP contribution in [0.25, 0.3) is 0 Å². The summed E-state index contributed by atoms with van der Waals surface area (Å²) in [4.78, 5) is 58.3. The second-order valence-electron chi connectivity index (χ2n) is 6.35. The first-order valence-corrected chi connectivity index (χ1v) is 9.53. The summed E-state index contributed by atoms with van der Waals surface area (Å²) in [6.45, 7) is 0.906. The second kappa shape index (κ2) is 11.5. The fourth-order valence-electron chi connectivity index (χ4n) is 2.28. The van der Waals surface area contributed by atoms with E-state index in [1.165, 1.54) is 31.2 Å². The minimum absolute atomic E-state index is 0.0969. The summed E-state index contributed by atoms with van der Waals surface area (Å²) < 4.78 is 4.81. The van der Waals surface area contributed by atoms with Gasteiger partial charge in [-0.05, 0) is 55.5 Å². The van der Waals surface area contributed by atoms with E-state index in [-0.39, 0.29) is 18.6 Å². The first-order chi connectivity index (χ1) is 14.7. The molecule has 0 aromatic heterocycles. The highest BCUT2D eigenvalue weighted by molar-refractivity contribution is 6.30. The topological polar surface area (TPSA) is 131 Å². The van der Waals surface area contributed by atoms with E-state index >= 15 is 0 Å². The third kappa shape index (κ3) is 8.27. The number of carbonyl (C=O) groups excluding carboxylic acids is 5. The molecular weight excluding hydrogens is 426 g/mol. The molecule has 0 bridgehead atoms. The number of amides is 3. The van der Waals surface area contributed by atoms with Crippen LogP contribution in [0.3, 0.4) is 0 Å². The van der Waals surface area contributed by atoms with Gasteiger partial charge in [0.2, 0.25) is 5.91 Å². The number of ketones is 1. The van der Waals surface area contributed by atoms with Crippen molar-refractivity contribution in [2.75, 3.05) is 11.9 Å². The van der Waals surface area contributed by atoms with Crippen molar-refractivity contribution in [3.8, 4) is 0 Å². The molecule has 3 amide bonds. The number of anilines is 1. The van der Waals surface area contributed by atoms with Crippen LogP contribution in [0.15, 0.2) is 48.5 Å². The predicted octanol–water partition coefficient (Wildman–Crippen LogP) is 2.27. The van der Waals surface area contributed by atoms with Gasteiger partial charge in [-0.15, -0.1) is 0 Å². The summed E-state index contributed by atoms with van der Waals surface area (Å²) in [6, 6.07) is 12.3. The van der Waals surface area contributed by atoms with Gasteiger partial charge in [0.1, 0.15) is 0 Å². The van der Waals surface area contributed by atoms with Crippen LogP contribution in [0, 0.1) is 0 Å². The molecule has 31 heavy (non-hydrogen) atoms. The van der Waals surface area contributed by atoms with Crippen molar-refractivity contribution in [3.05, 3.63) is 64.7 Å². The molecule has 0 spiro atoms. The van der Waals surface area contributed by atoms with Gasteiger partial charge in [0, 0.05) is 28.3 Å². The molecule has 162 valence electrons. The number of ether oxygens (including phenoxy) is 1. The van der Waals surface area contributed by atoms with E-state index in [2.05, 4.69) is 16.2 Å². The minimum atomic E-state index is -0.749. The van der Waals surface area contributed by atoms with E-state index in [1.54, 1.807) is 24.3 Å². The predicted molar refractivity (Wildman–Crippen MR) is 112 cm³/mol. The number of Topliss-reactive ketones (excluding diaryl/α,β-unsaturated/α-hetero) is 1. The van der Waals surface area contributed by atoms with Crippen LogP contribution in [-0.4, -0.2) is 36.1 Å². The normalized spacial score (nSPS) is 10.0. The van der Waals surface area contributed by atoms with Crippen molar-refractivity contribution in [3.63, 3.8) is 0 Å². The highest BCUT2D eigenvalue weighted by Gasteiger charge is 2.12. The number of carbonyl (C=O) groups is 5. The monoisotopic (exact) mass is 445 g/mol. The van der Waals surface area contributed by atoms with E-state index in [9.17, 15) is 24.0 Å². The average molecular weight is 446 g/mol. The largest absolute Gasteiger partial charge is 0.456 e. The molecule has 10 heteroatoms. The van der Waals surface area contributed by atoms with Gasteiger partial charge in [0.25, 0.3) is 11.8 Å². The first kappa shape index (κ1) is 23.6. The Morgan fingerprint density at radius 1 is 0.806 bits per heavy atom. The number of halogens is 1. The standard InChI is InChI=1S/C21H20ClN3O6/c1-13(26)14-4-8-17(9-5-14)23-19(28)12-31-20(29)11-10-18(27)24-25-21(30)15-2-6-16(22)7-3-15/h2-9H,10-12H2,1H3,(H,23,28)(H,24,27)(H,25,30). The van der Waals surface area contributed by atoms with Crippen LogP contribution >= 0.6 is 11.6 Å². The van der Waals surface area contributed by atoms with Crippen LogP contribution in [0.2, 0.25) is 5.02 Å². The smallest absolute Gasteiger partial charge is 0.306 e. The molecule has 0 saturated carbocycles. The van der Waals surface area contributed by atoms with Gasteiger partial charge < -0.3 is 10.1 Å². The zero-order chi connectivity index (χ0) is 22.8. The van der Waals surface area contributed by atoms with E-state index in [0.29, 0.717) is 21.8 Å². The SMILES string of the molecule is CC(=O)c1ccc(NC(=O)COC(=O)CCC(=O)NNC(=O)c2ccc(Cl)cc2)cc1. The summed E-state index contributed by atoms with van der Waals surface area (Å²) in [5.41, 5.74) is 5.64. The number of hydrogen-bond acceptors (Lipinski definition) is 6. The number of hydrogen-bond donors (Lipinski definition) is 3. The molecule has 0 unspecified atom stereocenters. The first-order valence-electron chi connectivity index (χ1n) is 9.16. The fourth-order valence-corrected chi connectivity index (χ4v) is 2.41. The van der Waals surface area contributed by atoms with Crippen molar-refractivity contribution in [1.82, 2.24) is 10.9 Å².